The van der Waals surface area contributed by atoms with Crippen LogP contribution in [0.3, 0.4) is 0 Å². The smallest absolute Gasteiger partial charge is 0.361 e. The van der Waals surface area contributed by atoms with Crippen molar-refractivity contribution in [1.29, 1.82) is 0 Å². The standard InChI is InChI=1S/C11H12N4O7.Na/c16-1-4-6(17)7(18)11(22-4,10(20)21)15-3-14-5-8(15)12-2-13-9(5)19;/h2-4,6-7,16-18H,1H2,(H,20,21)(H,12,13,19);/t4-,6-,7-,11+;/m1./s1. The van der Waals surface area contributed by atoms with Crippen LogP contribution in [-0.4, -0.2) is 100 Å². The first-order valence-electron chi connectivity index (χ1n) is 6.23. The van der Waals surface area contributed by atoms with Crippen molar-refractivity contribution in [2.45, 2.75) is 24.0 Å². The van der Waals surface area contributed by atoms with E-state index in [2.05, 4.69) is 15.0 Å². The number of aliphatic hydroxyl groups is 3. The molecule has 23 heavy (non-hydrogen) atoms. The first kappa shape index (κ1) is 18.0. The average molecular weight is 335 g/mol. The molecule has 0 saturated carbocycles. The van der Waals surface area contributed by atoms with Gasteiger partial charge in [0.25, 0.3) is 11.3 Å². The number of nitrogens with zero attached hydrogens (tertiary/aromatic N) is 3. The van der Waals surface area contributed by atoms with Crippen LogP contribution in [0, 0.1) is 0 Å². The zero-order valence-corrected chi connectivity index (χ0v) is 13.9. The van der Waals surface area contributed by atoms with E-state index >= 15 is 0 Å². The summed E-state index contributed by atoms with van der Waals surface area (Å²) in [5.41, 5.74) is -3.35. The maximum atomic E-state index is 11.7. The Kier molecular flexibility index (Phi) is 4.92. The van der Waals surface area contributed by atoms with Crippen molar-refractivity contribution in [3.05, 3.63) is 23.0 Å². The number of ether oxygens (including phenoxy) is 1. The number of rotatable bonds is 3. The second kappa shape index (κ2) is 6.28. The quantitative estimate of drug-likeness (QED) is 0.358. The van der Waals surface area contributed by atoms with Crippen LogP contribution >= 0.6 is 0 Å². The molecule has 11 nitrogen and oxygen atoms in total. The maximum Gasteiger partial charge on any atom is 0.361 e. The molecule has 3 rings (SSSR count). The topological polar surface area (TPSA) is 171 Å². The summed E-state index contributed by atoms with van der Waals surface area (Å²) in [6, 6.07) is 0. The number of fused-ring (bicyclic) bond motifs is 1. The third-order valence-electron chi connectivity index (χ3n) is 3.62. The summed E-state index contributed by atoms with van der Waals surface area (Å²) in [6.45, 7) is -0.700. The average Bonchev–Trinajstić information content (AvgIpc) is 3.02. The Morgan fingerprint density at radius 2 is 2.13 bits per heavy atom. The van der Waals surface area contributed by atoms with Gasteiger partial charge in [-0.1, -0.05) is 0 Å². The summed E-state index contributed by atoms with van der Waals surface area (Å²) in [6.07, 6.45) is -2.84. The van der Waals surface area contributed by atoms with Crippen LogP contribution in [0.15, 0.2) is 17.4 Å². The van der Waals surface area contributed by atoms with Crippen LogP contribution in [0.25, 0.3) is 11.2 Å². The van der Waals surface area contributed by atoms with Crippen LogP contribution in [0.2, 0.25) is 0 Å². The van der Waals surface area contributed by atoms with Crippen LogP contribution < -0.4 is 5.56 Å². The molecule has 4 atom stereocenters. The number of carboxylic acid groups (broad SMARTS) is 1. The summed E-state index contributed by atoms with van der Waals surface area (Å²) in [4.78, 5) is 33.2. The van der Waals surface area contributed by atoms with Gasteiger partial charge in [0.2, 0.25) is 0 Å². The van der Waals surface area contributed by atoms with Crippen molar-refractivity contribution in [1.82, 2.24) is 19.5 Å². The Balaban J connectivity index is 0.00000192. The van der Waals surface area contributed by atoms with Crippen LogP contribution in [0.5, 0.6) is 0 Å². The molecule has 1 aliphatic rings. The molecule has 2 aromatic rings. The number of imidazole rings is 1. The molecule has 3 heterocycles. The summed E-state index contributed by atoms with van der Waals surface area (Å²) in [5, 5.41) is 38.7. The predicted molar refractivity (Wildman–Crippen MR) is 73.5 cm³/mol. The van der Waals surface area contributed by atoms with Gasteiger partial charge in [-0.2, -0.15) is 0 Å². The number of carbonyl (C=O) groups is 1. The van der Waals surface area contributed by atoms with Crippen LogP contribution in [-0.2, 0) is 15.3 Å². The van der Waals surface area contributed by atoms with Gasteiger partial charge < -0.3 is 30.1 Å². The minimum Gasteiger partial charge on any atom is -0.478 e. The van der Waals surface area contributed by atoms with Crippen molar-refractivity contribution in [3.8, 4) is 0 Å². The van der Waals surface area contributed by atoms with Gasteiger partial charge >= 0.3 is 5.97 Å². The fourth-order valence-corrected chi connectivity index (χ4v) is 2.52. The molecular formula is C11H12N4NaO7. The van der Waals surface area contributed by atoms with Gasteiger partial charge in [-0.25, -0.2) is 14.8 Å². The number of carboxylic acids is 1. The molecule has 0 spiro atoms. The SMILES string of the molecule is O=C(O)[C@@]1(n2cnc3c(=O)[nH]cnc32)O[C@H](CO)[C@@H](O)[C@H]1O.[Na]. The van der Waals surface area contributed by atoms with Crippen molar-refractivity contribution >= 4 is 46.7 Å². The summed E-state index contributed by atoms with van der Waals surface area (Å²) in [5.74, 6) is -1.63. The zero-order valence-electron chi connectivity index (χ0n) is 11.9. The molecule has 1 fully saturated rings. The van der Waals surface area contributed by atoms with Gasteiger partial charge in [0, 0.05) is 29.6 Å². The number of aliphatic carboxylic acids is 1. The molecule has 0 amide bonds. The minimum absolute atomic E-state index is 0. The first-order valence-corrected chi connectivity index (χ1v) is 6.23. The Bertz CT molecular complexity index is 792. The first-order chi connectivity index (χ1) is 10.4. The van der Waals surface area contributed by atoms with Gasteiger partial charge in [-0.3, -0.25) is 9.36 Å². The van der Waals surface area contributed by atoms with Crippen molar-refractivity contribution in [2.75, 3.05) is 6.61 Å². The van der Waals surface area contributed by atoms with Crippen LogP contribution in [0.4, 0.5) is 0 Å². The number of aliphatic hydroxyl groups excluding tert-OH is 3. The van der Waals surface area contributed by atoms with E-state index in [1.54, 1.807) is 0 Å². The summed E-state index contributed by atoms with van der Waals surface area (Å²) >= 11 is 0. The Hall–Kier alpha value is -1.34. The number of nitrogens with one attached hydrogen (secondary N) is 1. The second-order valence-electron chi connectivity index (χ2n) is 4.79. The van der Waals surface area contributed by atoms with Crippen molar-refractivity contribution in [3.63, 3.8) is 0 Å². The number of aromatic nitrogens is 4. The monoisotopic (exact) mass is 335 g/mol. The predicted octanol–water partition coefficient (Wildman–Crippen LogP) is -3.41. The second-order valence-corrected chi connectivity index (χ2v) is 4.79. The van der Waals surface area contributed by atoms with E-state index in [-0.39, 0.29) is 40.7 Å². The van der Waals surface area contributed by atoms with E-state index < -0.39 is 42.2 Å². The van der Waals surface area contributed by atoms with Gasteiger partial charge in [0.1, 0.15) is 24.6 Å². The molecule has 1 aliphatic heterocycles. The number of H-pyrrole nitrogens is 1. The fourth-order valence-electron chi connectivity index (χ4n) is 2.52. The van der Waals surface area contributed by atoms with Crippen molar-refractivity contribution < 1.29 is 30.0 Å². The summed E-state index contributed by atoms with van der Waals surface area (Å²) < 4.78 is 6.05. The normalized spacial score (nSPS) is 30.3. The third kappa shape index (κ3) is 2.41. The Morgan fingerprint density at radius 3 is 2.70 bits per heavy atom. The van der Waals surface area contributed by atoms with Gasteiger partial charge in [-0.05, 0) is 0 Å². The van der Waals surface area contributed by atoms with E-state index in [9.17, 15) is 24.9 Å². The fraction of sp³-hybridized carbons (Fsp3) is 0.455. The Morgan fingerprint density at radius 1 is 1.43 bits per heavy atom. The molecule has 119 valence electrons. The Labute approximate surface area is 149 Å². The molecule has 12 heteroatoms. The summed E-state index contributed by atoms with van der Waals surface area (Å²) in [7, 11) is 0. The van der Waals surface area contributed by atoms with Crippen LogP contribution in [0.1, 0.15) is 0 Å². The molecule has 0 unspecified atom stereocenters. The van der Waals surface area contributed by atoms with E-state index in [4.69, 9.17) is 9.84 Å². The molecule has 2 aromatic heterocycles. The third-order valence-corrected chi connectivity index (χ3v) is 3.62. The molecule has 1 saturated heterocycles. The van der Waals surface area contributed by atoms with Gasteiger partial charge in [-0.15, -0.1) is 0 Å². The molecule has 0 bridgehead atoms. The van der Waals surface area contributed by atoms with E-state index in [0.717, 1.165) is 17.2 Å². The van der Waals surface area contributed by atoms with E-state index in [1.165, 1.54) is 0 Å². The number of aromatic amines is 1. The van der Waals surface area contributed by atoms with Gasteiger partial charge in [0.15, 0.2) is 11.2 Å². The van der Waals surface area contributed by atoms with Crippen molar-refractivity contribution in [2.24, 2.45) is 0 Å². The maximum absolute atomic E-state index is 11.7. The molecular weight excluding hydrogens is 323 g/mol. The minimum atomic E-state index is -2.46. The molecule has 0 aromatic carbocycles. The number of hydrogen-bond donors (Lipinski definition) is 5. The zero-order chi connectivity index (χ0) is 16.1. The van der Waals surface area contributed by atoms with E-state index in [1.807, 2.05) is 0 Å². The molecule has 1 radical (unpaired) electrons. The largest absolute Gasteiger partial charge is 0.478 e. The molecule has 5 N–H and O–H groups in total. The van der Waals surface area contributed by atoms with E-state index in [0.29, 0.717) is 0 Å². The molecule has 0 aliphatic carbocycles. The van der Waals surface area contributed by atoms with Gasteiger partial charge in [0.05, 0.1) is 12.9 Å². The number of hydrogen-bond acceptors (Lipinski definition) is 8.